The molecule has 2 rings (SSSR count). The van der Waals surface area contributed by atoms with Gasteiger partial charge in [0.25, 0.3) is 0 Å². The average Bonchev–Trinajstić information content (AvgIpc) is 2.61. The quantitative estimate of drug-likeness (QED) is 0.592. The largest absolute Gasteiger partial charge is 0.493 e. The van der Waals surface area contributed by atoms with Crippen molar-refractivity contribution in [3.8, 4) is 17.2 Å². The number of aryl methyl sites for hydroxylation is 2. The van der Waals surface area contributed by atoms with Gasteiger partial charge in [0.1, 0.15) is 5.75 Å². The molecule has 0 N–H and O–H groups in total. The van der Waals surface area contributed by atoms with Gasteiger partial charge in [0, 0.05) is 0 Å². The fourth-order valence-corrected chi connectivity index (χ4v) is 2.18. The van der Waals surface area contributed by atoms with E-state index < -0.39 is 11.9 Å². The van der Waals surface area contributed by atoms with Crippen LogP contribution in [0.5, 0.6) is 17.2 Å². The highest BCUT2D eigenvalue weighted by molar-refractivity contribution is 5.92. The van der Waals surface area contributed by atoms with Crippen LogP contribution in [0.15, 0.2) is 36.4 Å². The standard InChI is InChI=1S/C19H20O6/c1-12-5-7-15(13(2)9-12)25-19(21)14-6-8-16(22-3)17(10-14)24-11-18(20)23-4/h5-10H,11H2,1-4H3. The summed E-state index contributed by atoms with van der Waals surface area (Å²) in [5, 5.41) is 0. The molecule has 0 saturated heterocycles. The Bertz CT molecular complexity index is 781. The molecule has 6 nitrogen and oxygen atoms in total. The number of ether oxygens (including phenoxy) is 4. The Morgan fingerprint density at radius 3 is 2.28 bits per heavy atom. The van der Waals surface area contributed by atoms with Crippen LogP contribution in [0.4, 0.5) is 0 Å². The van der Waals surface area contributed by atoms with Gasteiger partial charge in [0.2, 0.25) is 0 Å². The predicted octanol–water partition coefficient (Wildman–Crippen LogP) is 3.08. The maximum atomic E-state index is 12.4. The first-order chi connectivity index (χ1) is 11.9. The second-order valence-corrected chi connectivity index (χ2v) is 5.39. The molecule has 0 aromatic heterocycles. The van der Waals surface area contributed by atoms with Crippen molar-refractivity contribution in [1.82, 2.24) is 0 Å². The summed E-state index contributed by atoms with van der Waals surface area (Å²) in [5.41, 5.74) is 2.23. The number of benzene rings is 2. The lowest BCUT2D eigenvalue weighted by molar-refractivity contribution is -0.142. The molecule has 0 bridgehead atoms. The van der Waals surface area contributed by atoms with Crippen LogP contribution >= 0.6 is 0 Å². The van der Waals surface area contributed by atoms with Crippen molar-refractivity contribution < 1.29 is 28.5 Å². The summed E-state index contributed by atoms with van der Waals surface area (Å²) in [6, 6.07) is 10.2. The Morgan fingerprint density at radius 1 is 0.920 bits per heavy atom. The molecule has 2 aromatic rings. The second kappa shape index (κ2) is 8.19. The van der Waals surface area contributed by atoms with Gasteiger partial charge in [-0.2, -0.15) is 0 Å². The molecule has 0 amide bonds. The Balaban J connectivity index is 2.20. The minimum atomic E-state index is -0.537. The fraction of sp³-hybridized carbons (Fsp3) is 0.263. The van der Waals surface area contributed by atoms with Crippen LogP contribution in [-0.2, 0) is 9.53 Å². The molecular weight excluding hydrogens is 324 g/mol. The van der Waals surface area contributed by atoms with Crippen molar-refractivity contribution in [2.45, 2.75) is 13.8 Å². The summed E-state index contributed by atoms with van der Waals surface area (Å²) >= 11 is 0. The minimum absolute atomic E-state index is 0.253. The van der Waals surface area contributed by atoms with E-state index in [0.29, 0.717) is 11.5 Å². The van der Waals surface area contributed by atoms with Crippen molar-refractivity contribution in [2.24, 2.45) is 0 Å². The zero-order valence-corrected chi connectivity index (χ0v) is 14.6. The van der Waals surface area contributed by atoms with E-state index in [4.69, 9.17) is 14.2 Å². The molecule has 6 heteroatoms. The van der Waals surface area contributed by atoms with E-state index in [-0.39, 0.29) is 17.9 Å². The van der Waals surface area contributed by atoms with Gasteiger partial charge in [-0.25, -0.2) is 9.59 Å². The second-order valence-electron chi connectivity index (χ2n) is 5.39. The van der Waals surface area contributed by atoms with Crippen LogP contribution in [0.3, 0.4) is 0 Å². The van der Waals surface area contributed by atoms with E-state index in [1.807, 2.05) is 26.0 Å². The average molecular weight is 344 g/mol. The van der Waals surface area contributed by atoms with Crippen molar-refractivity contribution >= 4 is 11.9 Å². The highest BCUT2D eigenvalue weighted by Gasteiger charge is 2.15. The first-order valence-electron chi connectivity index (χ1n) is 7.61. The van der Waals surface area contributed by atoms with Crippen LogP contribution in [0.25, 0.3) is 0 Å². The Kier molecular flexibility index (Phi) is 6.00. The number of methoxy groups -OCH3 is 2. The zero-order chi connectivity index (χ0) is 18.4. The van der Waals surface area contributed by atoms with Crippen LogP contribution in [0, 0.1) is 13.8 Å². The molecule has 0 unspecified atom stereocenters. The van der Waals surface area contributed by atoms with Crippen LogP contribution in [0.2, 0.25) is 0 Å². The molecule has 0 radical (unpaired) electrons. The first kappa shape index (κ1) is 18.3. The van der Waals surface area contributed by atoms with E-state index in [9.17, 15) is 9.59 Å². The van der Waals surface area contributed by atoms with Gasteiger partial charge in [-0.1, -0.05) is 17.7 Å². The van der Waals surface area contributed by atoms with E-state index in [1.54, 1.807) is 18.2 Å². The minimum Gasteiger partial charge on any atom is -0.493 e. The summed E-state index contributed by atoms with van der Waals surface area (Å²) in [7, 11) is 2.73. The van der Waals surface area contributed by atoms with Gasteiger partial charge in [-0.15, -0.1) is 0 Å². The molecule has 0 aliphatic rings. The van der Waals surface area contributed by atoms with Gasteiger partial charge >= 0.3 is 11.9 Å². The van der Waals surface area contributed by atoms with Gasteiger partial charge in [0.05, 0.1) is 19.8 Å². The normalized spacial score (nSPS) is 10.1. The third-order valence-electron chi connectivity index (χ3n) is 3.51. The smallest absolute Gasteiger partial charge is 0.343 e. The number of hydrogen-bond donors (Lipinski definition) is 0. The predicted molar refractivity (Wildman–Crippen MR) is 91.4 cm³/mol. The molecule has 0 heterocycles. The van der Waals surface area contributed by atoms with Crippen molar-refractivity contribution in [3.05, 3.63) is 53.1 Å². The summed E-state index contributed by atoms with van der Waals surface area (Å²) in [5.74, 6) is 0.0706. The van der Waals surface area contributed by atoms with Gasteiger partial charge < -0.3 is 18.9 Å². The van der Waals surface area contributed by atoms with E-state index >= 15 is 0 Å². The number of hydrogen-bond acceptors (Lipinski definition) is 6. The summed E-state index contributed by atoms with van der Waals surface area (Å²) in [6.45, 7) is 3.55. The molecule has 0 fully saturated rings. The van der Waals surface area contributed by atoms with Crippen molar-refractivity contribution in [1.29, 1.82) is 0 Å². The number of esters is 2. The van der Waals surface area contributed by atoms with Crippen LogP contribution in [0.1, 0.15) is 21.5 Å². The van der Waals surface area contributed by atoms with Crippen LogP contribution in [-0.4, -0.2) is 32.8 Å². The van der Waals surface area contributed by atoms with Crippen molar-refractivity contribution in [3.63, 3.8) is 0 Å². The molecule has 0 spiro atoms. The van der Waals surface area contributed by atoms with Gasteiger partial charge in [0.15, 0.2) is 18.1 Å². The Morgan fingerprint density at radius 2 is 1.64 bits per heavy atom. The first-order valence-corrected chi connectivity index (χ1v) is 7.61. The summed E-state index contributed by atoms with van der Waals surface area (Å²) in [4.78, 5) is 23.6. The molecular formula is C19H20O6. The summed E-state index contributed by atoms with van der Waals surface area (Å²) < 4.78 is 20.5. The molecule has 0 aliphatic heterocycles. The molecule has 0 aliphatic carbocycles. The Labute approximate surface area is 146 Å². The van der Waals surface area contributed by atoms with Gasteiger partial charge in [-0.05, 0) is 43.7 Å². The molecule has 0 atom stereocenters. The lowest BCUT2D eigenvalue weighted by Crippen LogP contribution is -2.14. The highest BCUT2D eigenvalue weighted by Crippen LogP contribution is 2.29. The number of carbonyl (C=O) groups excluding carboxylic acids is 2. The third-order valence-corrected chi connectivity index (χ3v) is 3.51. The maximum Gasteiger partial charge on any atom is 0.343 e. The fourth-order valence-electron chi connectivity index (χ4n) is 2.18. The molecule has 25 heavy (non-hydrogen) atoms. The lowest BCUT2D eigenvalue weighted by atomic mass is 10.1. The maximum absolute atomic E-state index is 12.4. The Hall–Kier alpha value is -3.02. The SMILES string of the molecule is COC(=O)COc1cc(C(=O)Oc2ccc(C)cc2C)ccc1OC. The lowest BCUT2D eigenvalue weighted by Gasteiger charge is -2.12. The summed E-state index contributed by atoms with van der Waals surface area (Å²) in [6.07, 6.45) is 0. The van der Waals surface area contributed by atoms with E-state index in [0.717, 1.165) is 11.1 Å². The molecule has 132 valence electrons. The third kappa shape index (κ3) is 4.73. The monoisotopic (exact) mass is 344 g/mol. The highest BCUT2D eigenvalue weighted by atomic mass is 16.6. The van der Waals surface area contributed by atoms with E-state index in [2.05, 4.69) is 4.74 Å². The van der Waals surface area contributed by atoms with E-state index in [1.165, 1.54) is 20.3 Å². The topological polar surface area (TPSA) is 71.1 Å². The number of carbonyl (C=O) groups is 2. The number of rotatable bonds is 6. The van der Waals surface area contributed by atoms with Crippen molar-refractivity contribution in [2.75, 3.05) is 20.8 Å². The van der Waals surface area contributed by atoms with Gasteiger partial charge in [-0.3, -0.25) is 0 Å². The molecule has 0 saturated carbocycles. The molecule has 2 aromatic carbocycles. The zero-order valence-electron chi connectivity index (χ0n) is 14.6. The van der Waals surface area contributed by atoms with Crippen LogP contribution < -0.4 is 14.2 Å².